The van der Waals surface area contributed by atoms with E-state index in [0.29, 0.717) is 0 Å². The lowest BCUT2D eigenvalue weighted by Crippen LogP contribution is -1.91. The largest absolute Gasteiger partial charge is 0.443 e. The van der Waals surface area contributed by atoms with Gasteiger partial charge >= 0.3 is 0 Å². The molecule has 0 unspecified atom stereocenters. The van der Waals surface area contributed by atoms with Crippen molar-refractivity contribution in [3.63, 3.8) is 0 Å². The van der Waals surface area contributed by atoms with Gasteiger partial charge in [0, 0.05) is 6.61 Å². The molecular weight excluding hydrogens is 76.1 g/mol. The van der Waals surface area contributed by atoms with E-state index in [1.54, 1.807) is 6.61 Å². The van der Waals surface area contributed by atoms with Crippen LogP contribution >= 0.6 is 0 Å². The van der Waals surface area contributed by atoms with E-state index in [9.17, 15) is 0 Å². The summed E-state index contributed by atoms with van der Waals surface area (Å²) in [6.07, 6.45) is 5.07. The minimum absolute atomic E-state index is 0.858. The van der Waals surface area contributed by atoms with Crippen LogP contribution in [0.5, 0.6) is 0 Å². The van der Waals surface area contributed by atoms with Gasteiger partial charge in [0.15, 0.2) is 0 Å². The maximum Gasteiger partial charge on any atom is 0.0181 e. The Morgan fingerprint density at radius 3 is 2.83 bits per heavy atom. The van der Waals surface area contributed by atoms with Crippen LogP contribution in [-0.4, -0.2) is 6.61 Å². The molecular formula is C5H7O-. The van der Waals surface area contributed by atoms with Gasteiger partial charge in [-0.05, 0) is 0 Å². The minimum Gasteiger partial charge on any atom is -0.443 e. The average molecular weight is 83.1 g/mol. The van der Waals surface area contributed by atoms with Crippen LogP contribution in [0.15, 0.2) is 12.2 Å². The van der Waals surface area contributed by atoms with Gasteiger partial charge in [-0.15, -0.1) is 6.61 Å². The summed E-state index contributed by atoms with van der Waals surface area (Å²) in [5, 5.41) is 0. The first kappa shape index (κ1) is 3.75. The molecule has 1 rings (SSSR count). The Morgan fingerprint density at radius 1 is 1.67 bits per heavy atom. The van der Waals surface area contributed by atoms with Gasteiger partial charge in [0.05, 0.1) is 0 Å². The fourth-order valence-electron chi connectivity index (χ4n) is 0.411. The molecule has 1 aliphatic rings. The first-order valence-electron chi connectivity index (χ1n) is 2.10. The van der Waals surface area contributed by atoms with Crippen molar-refractivity contribution in [2.75, 3.05) is 6.61 Å². The van der Waals surface area contributed by atoms with Gasteiger partial charge in [0.25, 0.3) is 0 Å². The molecule has 1 heterocycles. The number of ether oxygens (including phenoxy) is 1. The third-order valence-electron chi connectivity index (χ3n) is 0.713. The Kier molecular flexibility index (Phi) is 1.17. The second-order valence-electron chi connectivity index (χ2n) is 1.22. The summed E-state index contributed by atoms with van der Waals surface area (Å²) in [7, 11) is 0. The van der Waals surface area contributed by atoms with E-state index in [1.165, 1.54) is 0 Å². The Hall–Kier alpha value is -0.430. The number of rotatable bonds is 0. The van der Waals surface area contributed by atoms with Crippen LogP contribution in [0.25, 0.3) is 0 Å². The topological polar surface area (TPSA) is 9.23 Å². The molecule has 0 saturated heterocycles. The molecule has 0 saturated carbocycles. The first-order valence-corrected chi connectivity index (χ1v) is 2.10. The van der Waals surface area contributed by atoms with Crippen molar-refractivity contribution >= 4 is 0 Å². The standard InChI is InChI=1S/C5H7O/c1-2-4-6-5-3-1/h1-2,4H,3,5H2/q-1. The van der Waals surface area contributed by atoms with Crippen LogP contribution in [-0.2, 0) is 4.74 Å². The van der Waals surface area contributed by atoms with Gasteiger partial charge in [-0.1, -0.05) is 6.42 Å². The van der Waals surface area contributed by atoms with Gasteiger partial charge in [-0.2, -0.15) is 0 Å². The molecule has 0 amide bonds. The average Bonchev–Trinajstić information content (AvgIpc) is 1.72. The van der Waals surface area contributed by atoms with E-state index >= 15 is 0 Å². The zero-order chi connectivity index (χ0) is 4.24. The Morgan fingerprint density at radius 2 is 2.67 bits per heavy atom. The maximum absolute atomic E-state index is 4.86. The van der Waals surface area contributed by atoms with Crippen molar-refractivity contribution in [1.82, 2.24) is 0 Å². The molecule has 0 radical (unpaired) electrons. The molecule has 0 aromatic heterocycles. The lowest BCUT2D eigenvalue weighted by atomic mass is 10.3. The smallest absolute Gasteiger partial charge is 0.0181 e. The van der Waals surface area contributed by atoms with Gasteiger partial charge < -0.3 is 4.74 Å². The first-order chi connectivity index (χ1) is 3.00. The van der Waals surface area contributed by atoms with Crippen molar-refractivity contribution in [1.29, 1.82) is 0 Å². The van der Waals surface area contributed by atoms with Crippen LogP contribution in [0.4, 0.5) is 0 Å². The van der Waals surface area contributed by atoms with E-state index < -0.39 is 0 Å². The van der Waals surface area contributed by atoms with Crippen molar-refractivity contribution in [2.24, 2.45) is 0 Å². The summed E-state index contributed by atoms with van der Waals surface area (Å²) in [5.41, 5.74) is 0. The molecule has 0 N–H and O–H groups in total. The zero-order valence-electron chi connectivity index (χ0n) is 3.55. The van der Waals surface area contributed by atoms with Crippen LogP contribution < -0.4 is 0 Å². The quantitative estimate of drug-likeness (QED) is 0.399. The van der Waals surface area contributed by atoms with Crippen molar-refractivity contribution in [3.8, 4) is 0 Å². The van der Waals surface area contributed by atoms with E-state index in [4.69, 9.17) is 4.74 Å². The molecule has 0 aromatic carbocycles. The van der Waals surface area contributed by atoms with Gasteiger partial charge in [-0.3, -0.25) is 0 Å². The van der Waals surface area contributed by atoms with Gasteiger partial charge in [0.1, 0.15) is 0 Å². The normalized spacial score (nSPS) is 20.0. The second-order valence-corrected chi connectivity index (χ2v) is 1.22. The SMILES string of the molecule is C1=CCCO[CH-]1. The lowest BCUT2D eigenvalue weighted by molar-refractivity contribution is 0.213. The van der Waals surface area contributed by atoms with E-state index in [1.807, 2.05) is 6.08 Å². The summed E-state index contributed by atoms with van der Waals surface area (Å²) >= 11 is 0. The van der Waals surface area contributed by atoms with Crippen molar-refractivity contribution in [3.05, 3.63) is 18.8 Å². The molecule has 6 heavy (non-hydrogen) atoms. The highest BCUT2D eigenvalue weighted by atomic mass is 16.5. The molecule has 34 valence electrons. The van der Waals surface area contributed by atoms with Crippen LogP contribution in [0.1, 0.15) is 6.42 Å². The van der Waals surface area contributed by atoms with E-state index in [0.717, 1.165) is 13.0 Å². The lowest BCUT2D eigenvalue weighted by Gasteiger charge is -2.10. The molecule has 0 spiro atoms. The monoisotopic (exact) mass is 83.1 g/mol. The predicted octanol–water partition coefficient (Wildman–Crippen LogP) is 1.12. The van der Waals surface area contributed by atoms with E-state index in [2.05, 4.69) is 6.08 Å². The molecule has 1 heteroatoms. The third-order valence-corrected chi connectivity index (χ3v) is 0.713. The van der Waals surface area contributed by atoms with Crippen LogP contribution in [0, 0.1) is 6.61 Å². The Bertz CT molecular complexity index is 49.0. The summed E-state index contributed by atoms with van der Waals surface area (Å²) in [6.45, 7) is 2.57. The van der Waals surface area contributed by atoms with Crippen molar-refractivity contribution in [2.45, 2.75) is 6.42 Å². The molecule has 0 fully saturated rings. The highest BCUT2D eigenvalue weighted by Gasteiger charge is 1.76. The third kappa shape index (κ3) is 0.760. The molecule has 0 aliphatic carbocycles. The Labute approximate surface area is 37.6 Å². The predicted molar refractivity (Wildman–Crippen MR) is 24.0 cm³/mol. The molecule has 0 aromatic rings. The highest BCUT2D eigenvalue weighted by Crippen LogP contribution is 1.95. The van der Waals surface area contributed by atoms with E-state index in [-0.39, 0.29) is 0 Å². The van der Waals surface area contributed by atoms with Crippen molar-refractivity contribution < 1.29 is 4.74 Å². The summed E-state index contributed by atoms with van der Waals surface area (Å²) in [5.74, 6) is 0. The number of hydrogen-bond donors (Lipinski definition) is 0. The highest BCUT2D eigenvalue weighted by molar-refractivity contribution is 4.92. The summed E-state index contributed by atoms with van der Waals surface area (Å²) in [6, 6.07) is 0. The fraction of sp³-hybridized carbons (Fsp3) is 0.400. The minimum atomic E-state index is 0.858. The Balaban J connectivity index is 2.26. The molecule has 0 atom stereocenters. The second kappa shape index (κ2) is 1.88. The molecule has 1 nitrogen and oxygen atoms in total. The van der Waals surface area contributed by atoms with Crippen LogP contribution in [0.3, 0.4) is 0 Å². The fourth-order valence-corrected chi connectivity index (χ4v) is 0.411. The zero-order valence-corrected chi connectivity index (χ0v) is 3.55. The number of hydrogen-bond acceptors (Lipinski definition) is 1. The molecule has 0 bridgehead atoms. The van der Waals surface area contributed by atoms with Gasteiger partial charge in [0.2, 0.25) is 0 Å². The summed E-state index contributed by atoms with van der Waals surface area (Å²) in [4.78, 5) is 0. The van der Waals surface area contributed by atoms with Crippen LogP contribution in [0.2, 0.25) is 0 Å². The maximum atomic E-state index is 4.86. The van der Waals surface area contributed by atoms with Gasteiger partial charge in [-0.25, -0.2) is 12.2 Å². The summed E-state index contributed by atoms with van der Waals surface area (Å²) < 4.78 is 4.86. The molecule has 1 aliphatic heterocycles.